The number of benzene rings is 1. The Hall–Kier alpha value is -1.30. The van der Waals surface area contributed by atoms with E-state index < -0.39 is 12.1 Å². The molecule has 0 spiro atoms. The number of amides is 2. The highest BCUT2D eigenvalue weighted by Gasteiger charge is 2.27. The largest absolute Gasteiger partial charge is 0.387 e. The van der Waals surface area contributed by atoms with Crippen LogP contribution in [0, 0.1) is 0 Å². The van der Waals surface area contributed by atoms with Gasteiger partial charge in [0.05, 0.1) is 6.10 Å². The maximum Gasteiger partial charge on any atom is 0.242 e. The van der Waals surface area contributed by atoms with Crippen LogP contribution in [0.4, 0.5) is 0 Å². The third kappa shape index (κ3) is 3.62. The summed E-state index contributed by atoms with van der Waals surface area (Å²) in [5, 5.41) is 16.0. The van der Waals surface area contributed by atoms with E-state index in [1.165, 1.54) is 6.07 Å². The van der Waals surface area contributed by atoms with E-state index in [9.17, 15) is 14.7 Å². The van der Waals surface area contributed by atoms with Gasteiger partial charge in [0, 0.05) is 28.6 Å². The molecule has 2 unspecified atom stereocenters. The standard InChI is InChI=1S/C13H14Cl2N2O3/c14-7-1-2-8(9(15)5-7)11(18)6-16-13(20)10-3-4-12(19)17-10/h1-2,5,10-11,18H,3-4,6H2,(H,16,20)(H,17,19). The molecule has 1 aliphatic rings. The zero-order chi connectivity index (χ0) is 14.7. The maximum absolute atomic E-state index is 11.8. The van der Waals surface area contributed by atoms with E-state index in [0.717, 1.165) is 0 Å². The zero-order valence-electron chi connectivity index (χ0n) is 10.5. The molecule has 1 aliphatic heterocycles. The quantitative estimate of drug-likeness (QED) is 0.786. The number of halogens is 2. The molecule has 0 saturated carbocycles. The number of hydrogen-bond acceptors (Lipinski definition) is 3. The van der Waals surface area contributed by atoms with Crippen molar-refractivity contribution in [3.63, 3.8) is 0 Å². The lowest BCUT2D eigenvalue weighted by molar-refractivity contribution is -0.126. The Morgan fingerprint density at radius 2 is 2.25 bits per heavy atom. The lowest BCUT2D eigenvalue weighted by Gasteiger charge is -2.16. The molecule has 3 N–H and O–H groups in total. The fraction of sp³-hybridized carbons (Fsp3) is 0.385. The van der Waals surface area contributed by atoms with Crippen molar-refractivity contribution in [3.8, 4) is 0 Å². The van der Waals surface area contributed by atoms with Crippen LogP contribution in [0.1, 0.15) is 24.5 Å². The normalized spacial score (nSPS) is 19.6. The Morgan fingerprint density at radius 1 is 1.50 bits per heavy atom. The Bertz CT molecular complexity index is 536. The number of carbonyl (C=O) groups excluding carboxylic acids is 2. The minimum atomic E-state index is -0.930. The van der Waals surface area contributed by atoms with Gasteiger partial charge >= 0.3 is 0 Å². The van der Waals surface area contributed by atoms with Gasteiger partial charge in [0.25, 0.3) is 0 Å². The van der Waals surface area contributed by atoms with E-state index in [2.05, 4.69) is 10.6 Å². The lowest BCUT2D eigenvalue weighted by Crippen LogP contribution is -2.42. The molecule has 20 heavy (non-hydrogen) atoms. The molecule has 2 rings (SSSR count). The second-order valence-electron chi connectivity index (χ2n) is 4.59. The van der Waals surface area contributed by atoms with Crippen molar-refractivity contribution in [1.29, 1.82) is 0 Å². The Labute approximate surface area is 126 Å². The molecule has 0 aromatic heterocycles. The molecule has 2 amide bonds. The Balaban J connectivity index is 1.90. The summed E-state index contributed by atoms with van der Waals surface area (Å²) < 4.78 is 0. The van der Waals surface area contributed by atoms with Crippen LogP contribution in [-0.4, -0.2) is 29.5 Å². The van der Waals surface area contributed by atoms with Crippen LogP contribution in [0.15, 0.2) is 18.2 Å². The van der Waals surface area contributed by atoms with Gasteiger partial charge in [0.15, 0.2) is 0 Å². The fourth-order valence-corrected chi connectivity index (χ4v) is 2.55. The monoisotopic (exact) mass is 316 g/mol. The van der Waals surface area contributed by atoms with Gasteiger partial charge in [0.2, 0.25) is 11.8 Å². The van der Waals surface area contributed by atoms with Crippen LogP contribution in [-0.2, 0) is 9.59 Å². The third-order valence-electron chi connectivity index (χ3n) is 3.10. The molecule has 7 heteroatoms. The average molecular weight is 317 g/mol. The van der Waals surface area contributed by atoms with Gasteiger partial charge in [-0.15, -0.1) is 0 Å². The van der Waals surface area contributed by atoms with Crippen molar-refractivity contribution >= 4 is 35.0 Å². The van der Waals surface area contributed by atoms with Crippen molar-refractivity contribution < 1.29 is 14.7 Å². The number of aliphatic hydroxyl groups is 1. The number of rotatable bonds is 4. The minimum Gasteiger partial charge on any atom is -0.387 e. The summed E-state index contributed by atoms with van der Waals surface area (Å²) in [7, 11) is 0. The summed E-state index contributed by atoms with van der Waals surface area (Å²) in [4.78, 5) is 22.8. The van der Waals surface area contributed by atoms with E-state index in [0.29, 0.717) is 28.5 Å². The molecule has 5 nitrogen and oxygen atoms in total. The summed E-state index contributed by atoms with van der Waals surface area (Å²) in [6, 6.07) is 4.24. The molecule has 1 saturated heterocycles. The van der Waals surface area contributed by atoms with Crippen molar-refractivity contribution in [3.05, 3.63) is 33.8 Å². The molecule has 0 radical (unpaired) electrons. The highest BCUT2D eigenvalue weighted by atomic mass is 35.5. The summed E-state index contributed by atoms with van der Waals surface area (Å²) in [5.41, 5.74) is 0.492. The van der Waals surface area contributed by atoms with E-state index in [4.69, 9.17) is 23.2 Å². The molecule has 1 aromatic rings. The molecule has 1 aromatic carbocycles. The average Bonchev–Trinajstić information content (AvgIpc) is 2.82. The van der Waals surface area contributed by atoms with Gasteiger partial charge in [-0.05, 0) is 18.6 Å². The van der Waals surface area contributed by atoms with Crippen LogP contribution < -0.4 is 10.6 Å². The highest BCUT2D eigenvalue weighted by molar-refractivity contribution is 6.35. The van der Waals surface area contributed by atoms with E-state index in [-0.39, 0.29) is 18.4 Å². The predicted octanol–water partition coefficient (Wildman–Crippen LogP) is 1.42. The SMILES string of the molecule is O=C1CCC(C(=O)NCC(O)c2ccc(Cl)cc2Cl)N1. The lowest BCUT2D eigenvalue weighted by atomic mass is 10.1. The van der Waals surface area contributed by atoms with Gasteiger partial charge in [-0.2, -0.15) is 0 Å². The van der Waals surface area contributed by atoms with E-state index >= 15 is 0 Å². The summed E-state index contributed by atoms with van der Waals surface area (Å²) in [6.07, 6.45) is -0.104. The summed E-state index contributed by atoms with van der Waals surface area (Å²) in [5.74, 6) is -0.438. The van der Waals surface area contributed by atoms with Crippen LogP contribution >= 0.6 is 23.2 Å². The highest BCUT2D eigenvalue weighted by Crippen LogP contribution is 2.25. The molecule has 0 aliphatic carbocycles. The van der Waals surface area contributed by atoms with Gasteiger partial charge in [-0.3, -0.25) is 9.59 Å². The number of nitrogens with one attached hydrogen (secondary N) is 2. The molecule has 1 fully saturated rings. The van der Waals surface area contributed by atoms with Crippen LogP contribution in [0.5, 0.6) is 0 Å². The predicted molar refractivity (Wildman–Crippen MR) is 75.6 cm³/mol. The molecule has 2 atom stereocenters. The van der Waals surface area contributed by atoms with Crippen molar-refractivity contribution in [2.45, 2.75) is 25.0 Å². The fourth-order valence-electron chi connectivity index (χ4n) is 2.01. The van der Waals surface area contributed by atoms with E-state index in [1.54, 1.807) is 12.1 Å². The van der Waals surface area contributed by atoms with Crippen LogP contribution in [0.25, 0.3) is 0 Å². The third-order valence-corrected chi connectivity index (χ3v) is 3.67. The Morgan fingerprint density at radius 3 is 2.85 bits per heavy atom. The first kappa shape index (κ1) is 15.1. The second kappa shape index (κ2) is 6.43. The first-order valence-corrected chi connectivity index (χ1v) is 6.93. The molecular formula is C13H14Cl2N2O3. The van der Waals surface area contributed by atoms with Crippen LogP contribution in [0.3, 0.4) is 0 Å². The molecule has 108 valence electrons. The Kier molecular flexibility index (Phi) is 4.86. The molecule has 1 heterocycles. The molecular weight excluding hydrogens is 303 g/mol. The van der Waals surface area contributed by atoms with Crippen molar-refractivity contribution in [2.75, 3.05) is 6.54 Å². The first-order chi connectivity index (χ1) is 9.47. The molecule has 0 bridgehead atoms. The van der Waals surface area contributed by atoms with Gasteiger partial charge in [-0.1, -0.05) is 29.3 Å². The van der Waals surface area contributed by atoms with Crippen molar-refractivity contribution in [2.24, 2.45) is 0 Å². The number of hydrogen-bond donors (Lipinski definition) is 3. The zero-order valence-corrected chi connectivity index (χ0v) is 12.0. The number of carbonyl (C=O) groups is 2. The smallest absolute Gasteiger partial charge is 0.242 e. The maximum atomic E-state index is 11.8. The topological polar surface area (TPSA) is 78.4 Å². The van der Waals surface area contributed by atoms with Crippen molar-refractivity contribution in [1.82, 2.24) is 10.6 Å². The second-order valence-corrected chi connectivity index (χ2v) is 5.43. The van der Waals surface area contributed by atoms with Crippen LogP contribution in [0.2, 0.25) is 10.0 Å². The first-order valence-electron chi connectivity index (χ1n) is 6.17. The number of aliphatic hydroxyl groups excluding tert-OH is 1. The summed E-state index contributed by atoms with van der Waals surface area (Å²) >= 11 is 11.7. The van der Waals surface area contributed by atoms with E-state index in [1.807, 2.05) is 0 Å². The summed E-state index contributed by atoms with van der Waals surface area (Å²) in [6.45, 7) is 0.0204. The van der Waals surface area contributed by atoms with Gasteiger partial charge < -0.3 is 15.7 Å². The van der Waals surface area contributed by atoms with Gasteiger partial charge in [0.1, 0.15) is 6.04 Å². The van der Waals surface area contributed by atoms with Gasteiger partial charge in [-0.25, -0.2) is 0 Å². The minimum absolute atomic E-state index is 0.0204.